The topological polar surface area (TPSA) is 61.8 Å². The van der Waals surface area contributed by atoms with Crippen LogP contribution >= 0.6 is 0 Å². The third-order valence-corrected chi connectivity index (χ3v) is 4.51. The number of nitrogens with zero attached hydrogens (tertiary/aromatic N) is 1. The Morgan fingerprint density at radius 1 is 1.43 bits per heavy atom. The lowest BCUT2D eigenvalue weighted by molar-refractivity contribution is -0.144. The molecule has 0 radical (unpaired) electrons. The van der Waals surface area contributed by atoms with Crippen molar-refractivity contribution in [1.29, 1.82) is 0 Å². The van der Waals surface area contributed by atoms with Crippen molar-refractivity contribution in [1.82, 2.24) is 10.2 Å². The average molecular weight is 298 g/mol. The Morgan fingerprint density at radius 2 is 2.19 bits per heavy atom. The van der Waals surface area contributed by atoms with Crippen LogP contribution in [0.2, 0.25) is 0 Å². The fourth-order valence-corrected chi connectivity index (χ4v) is 3.02. The second-order valence-corrected chi connectivity index (χ2v) is 6.85. The van der Waals surface area contributed by atoms with Gasteiger partial charge < -0.3 is 14.7 Å². The van der Waals surface area contributed by atoms with Gasteiger partial charge in [-0.25, -0.2) is 0 Å². The van der Waals surface area contributed by atoms with Gasteiger partial charge in [0.15, 0.2) is 0 Å². The second kappa shape index (κ2) is 7.56. The molecule has 1 saturated carbocycles. The van der Waals surface area contributed by atoms with E-state index in [0.717, 1.165) is 58.3 Å². The van der Waals surface area contributed by atoms with Gasteiger partial charge in [-0.3, -0.25) is 10.1 Å². The van der Waals surface area contributed by atoms with Gasteiger partial charge in [0.1, 0.15) is 5.54 Å². The lowest BCUT2D eigenvalue weighted by atomic mass is 9.94. The Labute approximate surface area is 128 Å². The van der Waals surface area contributed by atoms with Crippen molar-refractivity contribution >= 4 is 5.97 Å². The summed E-state index contributed by atoms with van der Waals surface area (Å²) in [4.78, 5) is 13.9. The quantitative estimate of drug-likeness (QED) is 0.670. The van der Waals surface area contributed by atoms with Crippen LogP contribution in [0.15, 0.2) is 0 Å². The highest BCUT2D eigenvalue weighted by Gasteiger charge is 2.37. The number of carboxylic acids is 1. The summed E-state index contributed by atoms with van der Waals surface area (Å²) in [5.74, 6) is -0.716. The first-order valence-corrected chi connectivity index (χ1v) is 8.35. The Balaban J connectivity index is 1.68. The molecule has 1 aliphatic heterocycles. The first-order valence-electron chi connectivity index (χ1n) is 8.35. The zero-order valence-electron chi connectivity index (χ0n) is 13.4. The molecule has 2 N–H and O–H groups in total. The zero-order chi connectivity index (χ0) is 15.3. The van der Waals surface area contributed by atoms with E-state index in [2.05, 4.69) is 17.1 Å². The molecule has 0 bridgehead atoms. The van der Waals surface area contributed by atoms with Crippen molar-refractivity contribution in [2.75, 3.05) is 26.2 Å². The molecule has 0 spiro atoms. The molecule has 5 heteroatoms. The Kier molecular flexibility index (Phi) is 6.02. The lowest BCUT2D eigenvalue weighted by Gasteiger charge is -2.27. The molecule has 0 aromatic carbocycles. The number of aliphatic carboxylic acids is 1. The number of hydrogen-bond acceptors (Lipinski definition) is 4. The van der Waals surface area contributed by atoms with Crippen molar-refractivity contribution in [3.05, 3.63) is 0 Å². The Bertz CT molecular complexity index is 346. The van der Waals surface area contributed by atoms with Gasteiger partial charge in [-0.05, 0) is 58.9 Å². The fraction of sp³-hybridized carbons (Fsp3) is 0.938. The van der Waals surface area contributed by atoms with Crippen molar-refractivity contribution in [3.8, 4) is 0 Å². The van der Waals surface area contributed by atoms with Crippen LogP contribution in [0.4, 0.5) is 0 Å². The monoisotopic (exact) mass is 298 g/mol. The standard InChI is InChI=1S/C16H30N2O3/c1-13-12-18(10-5-11-21-13)9-4-3-8-16(2,15(19)20)17-14-6-7-14/h13-14,17H,3-12H2,1-2H3,(H,19,20). The van der Waals surface area contributed by atoms with E-state index in [1.54, 1.807) is 0 Å². The SMILES string of the molecule is CC1CN(CCCCC(C)(NC2CC2)C(=O)O)CCCO1. The molecule has 2 fully saturated rings. The molecule has 1 saturated heterocycles. The van der Waals surface area contributed by atoms with Crippen LogP contribution < -0.4 is 5.32 Å². The maximum absolute atomic E-state index is 11.5. The van der Waals surface area contributed by atoms with Gasteiger partial charge in [-0.15, -0.1) is 0 Å². The maximum atomic E-state index is 11.5. The van der Waals surface area contributed by atoms with Crippen molar-refractivity contribution < 1.29 is 14.6 Å². The number of unbranched alkanes of at least 4 members (excludes halogenated alkanes) is 1. The molecule has 122 valence electrons. The van der Waals surface area contributed by atoms with E-state index >= 15 is 0 Å². The van der Waals surface area contributed by atoms with Gasteiger partial charge >= 0.3 is 5.97 Å². The molecular weight excluding hydrogens is 268 g/mol. The van der Waals surface area contributed by atoms with E-state index in [9.17, 15) is 9.90 Å². The predicted octanol–water partition coefficient (Wildman–Crippen LogP) is 1.86. The van der Waals surface area contributed by atoms with Crippen molar-refractivity contribution in [2.24, 2.45) is 0 Å². The van der Waals surface area contributed by atoms with Crippen LogP contribution in [0, 0.1) is 0 Å². The molecule has 0 aromatic rings. The maximum Gasteiger partial charge on any atom is 0.323 e. The number of hydrogen-bond donors (Lipinski definition) is 2. The molecule has 2 atom stereocenters. The van der Waals surface area contributed by atoms with E-state index in [4.69, 9.17) is 4.74 Å². The highest BCUT2D eigenvalue weighted by molar-refractivity contribution is 5.78. The van der Waals surface area contributed by atoms with E-state index in [0.29, 0.717) is 18.6 Å². The number of carboxylic acid groups (broad SMARTS) is 1. The summed E-state index contributed by atoms with van der Waals surface area (Å²) in [6, 6.07) is 0.426. The van der Waals surface area contributed by atoms with Crippen LogP contribution in [-0.2, 0) is 9.53 Å². The van der Waals surface area contributed by atoms with E-state index in [1.165, 1.54) is 0 Å². The lowest BCUT2D eigenvalue weighted by Crippen LogP contribution is -2.50. The molecule has 5 nitrogen and oxygen atoms in total. The Hall–Kier alpha value is -0.650. The van der Waals surface area contributed by atoms with Crippen LogP contribution in [0.1, 0.15) is 52.4 Å². The average Bonchev–Trinajstić information content (AvgIpc) is 3.23. The minimum absolute atomic E-state index is 0.313. The highest BCUT2D eigenvalue weighted by Crippen LogP contribution is 2.25. The third-order valence-electron chi connectivity index (χ3n) is 4.51. The summed E-state index contributed by atoms with van der Waals surface area (Å²) < 4.78 is 5.65. The molecule has 2 unspecified atom stereocenters. The van der Waals surface area contributed by atoms with Gasteiger partial charge in [0, 0.05) is 25.7 Å². The highest BCUT2D eigenvalue weighted by atomic mass is 16.5. The molecule has 1 heterocycles. The molecule has 2 aliphatic rings. The normalized spacial score (nSPS) is 27.0. The van der Waals surface area contributed by atoms with E-state index < -0.39 is 11.5 Å². The van der Waals surface area contributed by atoms with E-state index in [-0.39, 0.29) is 0 Å². The van der Waals surface area contributed by atoms with Gasteiger partial charge in [0.05, 0.1) is 6.10 Å². The number of rotatable bonds is 8. The van der Waals surface area contributed by atoms with Crippen LogP contribution in [0.3, 0.4) is 0 Å². The second-order valence-electron chi connectivity index (χ2n) is 6.85. The van der Waals surface area contributed by atoms with Gasteiger partial charge in [-0.2, -0.15) is 0 Å². The molecule has 0 amide bonds. The van der Waals surface area contributed by atoms with Gasteiger partial charge in [0.25, 0.3) is 0 Å². The van der Waals surface area contributed by atoms with Crippen LogP contribution in [-0.4, -0.2) is 59.9 Å². The number of nitrogens with one attached hydrogen (secondary N) is 1. The van der Waals surface area contributed by atoms with E-state index in [1.807, 2.05) is 6.92 Å². The summed E-state index contributed by atoms with van der Waals surface area (Å²) in [5, 5.41) is 12.7. The third kappa shape index (κ3) is 5.57. The summed E-state index contributed by atoms with van der Waals surface area (Å²) in [6.07, 6.45) is 6.37. The van der Waals surface area contributed by atoms with Crippen LogP contribution in [0.25, 0.3) is 0 Å². The minimum atomic E-state index is -0.754. The fourth-order valence-electron chi connectivity index (χ4n) is 3.02. The molecule has 1 aliphatic carbocycles. The Morgan fingerprint density at radius 3 is 2.86 bits per heavy atom. The zero-order valence-corrected chi connectivity index (χ0v) is 13.4. The predicted molar refractivity (Wildman–Crippen MR) is 82.5 cm³/mol. The first kappa shape index (κ1) is 16.7. The molecule has 21 heavy (non-hydrogen) atoms. The molecule has 0 aromatic heterocycles. The largest absolute Gasteiger partial charge is 0.480 e. The van der Waals surface area contributed by atoms with Crippen molar-refractivity contribution in [3.63, 3.8) is 0 Å². The summed E-state index contributed by atoms with van der Waals surface area (Å²) in [7, 11) is 0. The minimum Gasteiger partial charge on any atom is -0.480 e. The smallest absolute Gasteiger partial charge is 0.323 e. The number of carbonyl (C=O) groups is 1. The summed E-state index contributed by atoms with van der Waals surface area (Å²) in [6.45, 7) is 7.96. The molecular formula is C16H30N2O3. The number of ether oxygens (including phenoxy) is 1. The van der Waals surface area contributed by atoms with Crippen molar-refractivity contribution in [2.45, 2.75) is 70.1 Å². The van der Waals surface area contributed by atoms with Gasteiger partial charge in [-0.1, -0.05) is 0 Å². The van der Waals surface area contributed by atoms with Gasteiger partial charge in [0.2, 0.25) is 0 Å². The van der Waals surface area contributed by atoms with Crippen LogP contribution in [0.5, 0.6) is 0 Å². The molecule has 2 rings (SSSR count). The summed E-state index contributed by atoms with van der Waals surface area (Å²) >= 11 is 0. The first-order chi connectivity index (χ1) is 9.99. The summed E-state index contributed by atoms with van der Waals surface area (Å²) in [5.41, 5.74) is -0.754.